The normalized spacial score (nSPS) is 14.9. The van der Waals surface area contributed by atoms with Crippen molar-refractivity contribution in [3.8, 4) is 33.4 Å². The summed E-state index contributed by atoms with van der Waals surface area (Å²) in [6, 6.07) is 88.2. The van der Waals surface area contributed by atoms with Crippen molar-refractivity contribution >= 4 is 40.0 Å². The average Bonchev–Trinajstić information content (AvgIpc) is 3.86. The van der Waals surface area contributed by atoms with E-state index in [1.54, 1.807) is 0 Å². The largest absolute Gasteiger partial charge is 0.310 e. The fourth-order valence-corrected chi connectivity index (χ4v) is 12.5. The summed E-state index contributed by atoms with van der Waals surface area (Å²) in [6.07, 6.45) is 10.8. The van der Waals surface area contributed by atoms with Crippen molar-refractivity contribution in [2.45, 2.75) is 42.9 Å². The van der Waals surface area contributed by atoms with E-state index in [-0.39, 0.29) is 5.41 Å². The fourth-order valence-electron chi connectivity index (χ4n) is 12.5. The van der Waals surface area contributed by atoms with E-state index in [9.17, 15) is 0 Å². The van der Waals surface area contributed by atoms with Gasteiger partial charge < -0.3 is 4.90 Å². The molecule has 10 aromatic rings. The molecular weight excluding hydrogens is 819 g/mol. The lowest BCUT2D eigenvalue weighted by Gasteiger charge is -2.37. The molecule has 0 radical (unpaired) electrons. The number of anilines is 3. The molecule has 10 aromatic carbocycles. The van der Waals surface area contributed by atoms with E-state index >= 15 is 0 Å². The Balaban J connectivity index is 0.835. The molecule has 1 heteroatoms. The molecule has 0 N–H and O–H groups in total. The molecule has 0 heterocycles. The molecule has 0 amide bonds. The Kier molecular flexibility index (Phi) is 9.72. The third kappa shape index (κ3) is 6.37. The number of benzene rings is 10. The molecule has 1 fully saturated rings. The highest BCUT2D eigenvalue weighted by Gasteiger charge is 2.47. The Morgan fingerprint density at radius 3 is 1.56 bits per heavy atom. The summed E-state index contributed by atoms with van der Waals surface area (Å²) in [5, 5.41) is 2.49. The van der Waals surface area contributed by atoms with Crippen LogP contribution in [0.25, 0.3) is 56.3 Å². The van der Waals surface area contributed by atoms with Gasteiger partial charge in [-0.05, 0) is 150 Å². The molecule has 3 aliphatic rings. The second-order valence-electron chi connectivity index (χ2n) is 19.1. The topological polar surface area (TPSA) is 3.24 Å². The third-order valence-corrected chi connectivity index (χ3v) is 15.5. The van der Waals surface area contributed by atoms with Crippen LogP contribution in [0.3, 0.4) is 0 Å². The van der Waals surface area contributed by atoms with E-state index in [0.29, 0.717) is 0 Å². The quantitative estimate of drug-likeness (QED) is 0.138. The highest BCUT2D eigenvalue weighted by Crippen LogP contribution is 2.59. The van der Waals surface area contributed by atoms with E-state index in [4.69, 9.17) is 0 Å². The van der Waals surface area contributed by atoms with Crippen LogP contribution in [-0.2, 0) is 10.8 Å². The van der Waals surface area contributed by atoms with Crippen LogP contribution in [0.15, 0.2) is 237 Å². The number of fused-ring (bicyclic) bond motifs is 9. The van der Waals surface area contributed by atoms with Crippen LogP contribution in [-0.4, -0.2) is 0 Å². The van der Waals surface area contributed by atoms with E-state index in [1.807, 2.05) is 0 Å². The van der Waals surface area contributed by atoms with Crippen LogP contribution in [0, 0.1) is 0 Å². The highest BCUT2D eigenvalue weighted by molar-refractivity contribution is 5.98. The second-order valence-corrected chi connectivity index (χ2v) is 19.1. The van der Waals surface area contributed by atoms with Crippen molar-refractivity contribution in [2.24, 2.45) is 0 Å². The first kappa shape index (κ1) is 40.3. The van der Waals surface area contributed by atoms with Gasteiger partial charge in [-0.2, -0.15) is 0 Å². The molecule has 1 saturated carbocycles. The van der Waals surface area contributed by atoms with Crippen molar-refractivity contribution in [3.63, 3.8) is 0 Å². The molecule has 0 saturated heterocycles. The Hall–Kier alpha value is -8.00. The van der Waals surface area contributed by atoms with E-state index < -0.39 is 5.41 Å². The number of rotatable bonds is 8. The van der Waals surface area contributed by atoms with Gasteiger partial charge in [-0.3, -0.25) is 0 Å². The molecule has 0 bridgehead atoms. The Morgan fingerprint density at radius 1 is 0.338 bits per heavy atom. The zero-order chi connectivity index (χ0) is 45.1. The van der Waals surface area contributed by atoms with Gasteiger partial charge in [-0.15, -0.1) is 0 Å². The summed E-state index contributed by atoms with van der Waals surface area (Å²) in [5.74, 6) is 0. The SMILES string of the molecule is C(=C\c1ccc2cc(-c3cccc4c3-c3ccccc3C4(c3ccccc3)c3ccccc3)ccc2c1)/c1ccc2c(c1)C1(CCCCC1)c1cc(N(c3ccccc3)c3ccccc3)ccc1-2. The average molecular weight is 870 g/mol. The zero-order valence-electron chi connectivity index (χ0n) is 38.2. The fraction of sp³-hybridized carbons (Fsp3) is 0.104. The minimum absolute atomic E-state index is 0.0218. The molecular formula is C67H51N. The summed E-state index contributed by atoms with van der Waals surface area (Å²) in [7, 11) is 0. The molecule has 0 aromatic heterocycles. The first-order valence-corrected chi connectivity index (χ1v) is 24.5. The Labute approximate surface area is 400 Å². The van der Waals surface area contributed by atoms with Gasteiger partial charge in [-0.1, -0.05) is 219 Å². The van der Waals surface area contributed by atoms with E-state index in [2.05, 4.69) is 254 Å². The molecule has 1 nitrogen and oxygen atoms in total. The van der Waals surface area contributed by atoms with Crippen molar-refractivity contribution in [2.75, 3.05) is 4.90 Å². The summed E-state index contributed by atoms with van der Waals surface area (Å²) >= 11 is 0. The predicted octanol–water partition coefficient (Wildman–Crippen LogP) is 17.7. The molecule has 3 aliphatic carbocycles. The molecule has 0 unspecified atom stereocenters. The first-order chi connectivity index (χ1) is 33.7. The molecule has 13 rings (SSSR count). The molecule has 68 heavy (non-hydrogen) atoms. The molecule has 1 spiro atoms. The molecule has 0 aliphatic heterocycles. The van der Waals surface area contributed by atoms with Crippen molar-refractivity contribution < 1.29 is 0 Å². The lowest BCUT2D eigenvalue weighted by molar-refractivity contribution is 0.353. The van der Waals surface area contributed by atoms with Crippen LogP contribution in [0.5, 0.6) is 0 Å². The lowest BCUT2D eigenvalue weighted by Crippen LogP contribution is -2.28. The lowest BCUT2D eigenvalue weighted by atomic mass is 9.67. The third-order valence-electron chi connectivity index (χ3n) is 15.5. The smallest absolute Gasteiger partial charge is 0.0713 e. The highest BCUT2D eigenvalue weighted by atomic mass is 15.1. The predicted molar refractivity (Wildman–Crippen MR) is 286 cm³/mol. The standard InChI is InChI=1S/C67H51N/c1-6-19-52(20-7-1)67(53-21-8-2-9-22-53)61-29-15-14-27-60(61)65-57(28-18-30-62(65)67)51-37-36-49-43-47(33-35-50(49)45-51)31-32-48-34-39-58-59-40-38-56(46-64(59)66(63(58)44-48)41-16-5-17-42-66)68(54-23-10-3-11-24-54)55-25-12-4-13-26-55/h1-4,6-15,18-40,43-46H,5,16-17,41-42H2/b32-31+. The summed E-state index contributed by atoms with van der Waals surface area (Å²) < 4.78 is 0. The van der Waals surface area contributed by atoms with Crippen molar-refractivity contribution in [3.05, 3.63) is 281 Å². The first-order valence-electron chi connectivity index (χ1n) is 24.5. The molecule has 324 valence electrons. The van der Waals surface area contributed by atoms with Gasteiger partial charge in [0.25, 0.3) is 0 Å². The Morgan fingerprint density at radius 2 is 0.868 bits per heavy atom. The second kappa shape index (κ2) is 16.4. The maximum atomic E-state index is 2.52. The van der Waals surface area contributed by atoms with Crippen LogP contribution in [0.1, 0.15) is 76.6 Å². The van der Waals surface area contributed by atoms with Crippen LogP contribution < -0.4 is 4.90 Å². The number of hydrogen-bond donors (Lipinski definition) is 0. The van der Waals surface area contributed by atoms with E-state index in [1.165, 1.54) is 138 Å². The number of nitrogens with zero attached hydrogens (tertiary/aromatic N) is 1. The van der Waals surface area contributed by atoms with Gasteiger partial charge in [0.2, 0.25) is 0 Å². The maximum Gasteiger partial charge on any atom is 0.0713 e. The van der Waals surface area contributed by atoms with Gasteiger partial charge in [0.05, 0.1) is 5.41 Å². The van der Waals surface area contributed by atoms with Crippen molar-refractivity contribution in [1.29, 1.82) is 0 Å². The minimum Gasteiger partial charge on any atom is -0.310 e. The van der Waals surface area contributed by atoms with Crippen LogP contribution in [0.2, 0.25) is 0 Å². The monoisotopic (exact) mass is 869 g/mol. The number of para-hydroxylation sites is 2. The Bertz CT molecular complexity index is 3450. The van der Waals surface area contributed by atoms with Crippen molar-refractivity contribution in [1.82, 2.24) is 0 Å². The van der Waals surface area contributed by atoms with Gasteiger partial charge in [0.15, 0.2) is 0 Å². The van der Waals surface area contributed by atoms with E-state index in [0.717, 1.165) is 0 Å². The van der Waals surface area contributed by atoms with Crippen LogP contribution in [0.4, 0.5) is 17.1 Å². The summed E-state index contributed by atoms with van der Waals surface area (Å²) in [6.45, 7) is 0. The molecule has 0 atom stereocenters. The summed E-state index contributed by atoms with van der Waals surface area (Å²) in [5.41, 5.74) is 21.8. The van der Waals surface area contributed by atoms with Gasteiger partial charge in [-0.25, -0.2) is 0 Å². The van der Waals surface area contributed by atoms with Gasteiger partial charge in [0.1, 0.15) is 0 Å². The maximum absolute atomic E-state index is 2.52. The zero-order valence-corrected chi connectivity index (χ0v) is 38.2. The minimum atomic E-state index is -0.418. The number of hydrogen-bond acceptors (Lipinski definition) is 1. The van der Waals surface area contributed by atoms with Crippen LogP contribution >= 0.6 is 0 Å². The summed E-state index contributed by atoms with van der Waals surface area (Å²) in [4.78, 5) is 2.41. The van der Waals surface area contributed by atoms with Gasteiger partial charge in [0, 0.05) is 22.5 Å². The van der Waals surface area contributed by atoms with Gasteiger partial charge >= 0.3 is 0 Å².